The van der Waals surface area contributed by atoms with E-state index in [4.69, 9.17) is 9.47 Å². The third-order valence-corrected chi connectivity index (χ3v) is 2.06. The van der Waals surface area contributed by atoms with E-state index in [1.54, 1.807) is 31.2 Å². The summed E-state index contributed by atoms with van der Waals surface area (Å²) in [6, 6.07) is 6.56. The van der Waals surface area contributed by atoms with E-state index in [1.165, 1.54) is 0 Å². The summed E-state index contributed by atoms with van der Waals surface area (Å²) in [6.07, 6.45) is 1.01. The number of carbonyl (C=O) groups is 2. The molecule has 0 aliphatic heterocycles. The molecule has 17 heavy (non-hydrogen) atoms. The molecule has 0 heterocycles. The lowest BCUT2D eigenvalue weighted by Gasteiger charge is -2.08. The number of carbonyl (C=O) groups excluding carboxylic acids is 2. The molecule has 0 N–H and O–H groups in total. The highest BCUT2D eigenvalue weighted by Crippen LogP contribution is 2.19. The van der Waals surface area contributed by atoms with Crippen LogP contribution in [-0.2, 0) is 9.53 Å². The zero-order valence-electron chi connectivity index (χ0n) is 10.1. The molecule has 0 aliphatic rings. The van der Waals surface area contributed by atoms with Crippen molar-refractivity contribution in [1.82, 2.24) is 0 Å². The maximum Gasteiger partial charge on any atom is 0.341 e. The van der Waals surface area contributed by atoms with Crippen molar-refractivity contribution in [3.8, 4) is 5.75 Å². The second kappa shape index (κ2) is 6.68. The third kappa shape index (κ3) is 3.90. The molecule has 1 aromatic rings. The Morgan fingerprint density at radius 1 is 1.18 bits per heavy atom. The summed E-state index contributed by atoms with van der Waals surface area (Å²) in [5.41, 5.74) is 0.280. The molecule has 1 rings (SSSR count). The first kappa shape index (κ1) is 13.2. The first-order chi connectivity index (χ1) is 8.19. The molecule has 0 spiro atoms. The van der Waals surface area contributed by atoms with Gasteiger partial charge < -0.3 is 9.47 Å². The van der Waals surface area contributed by atoms with Crippen LogP contribution >= 0.6 is 0 Å². The average Bonchev–Trinajstić information content (AvgIpc) is 2.36. The van der Waals surface area contributed by atoms with Gasteiger partial charge in [-0.25, -0.2) is 4.79 Å². The first-order valence-electron chi connectivity index (χ1n) is 5.65. The van der Waals surface area contributed by atoms with E-state index in [9.17, 15) is 9.59 Å². The molecule has 0 amide bonds. The summed E-state index contributed by atoms with van der Waals surface area (Å²) in [6.45, 7) is 3.96. The zero-order valence-corrected chi connectivity index (χ0v) is 10.1. The van der Waals surface area contributed by atoms with Gasteiger partial charge in [0, 0.05) is 6.42 Å². The van der Waals surface area contributed by atoms with Crippen LogP contribution in [0.1, 0.15) is 37.0 Å². The highest BCUT2D eigenvalue weighted by molar-refractivity contribution is 5.93. The second-order valence-electron chi connectivity index (χ2n) is 3.46. The Balaban J connectivity index is 2.83. The maximum absolute atomic E-state index is 11.7. The first-order valence-corrected chi connectivity index (χ1v) is 5.65. The van der Waals surface area contributed by atoms with E-state index >= 15 is 0 Å². The zero-order chi connectivity index (χ0) is 12.7. The van der Waals surface area contributed by atoms with Crippen molar-refractivity contribution in [1.29, 1.82) is 0 Å². The van der Waals surface area contributed by atoms with Crippen LogP contribution in [0, 0.1) is 0 Å². The highest BCUT2D eigenvalue weighted by atomic mass is 16.5. The molecule has 0 aromatic heterocycles. The van der Waals surface area contributed by atoms with Crippen molar-refractivity contribution < 1.29 is 19.1 Å². The molecule has 0 radical (unpaired) electrons. The molecule has 0 saturated heterocycles. The fourth-order valence-corrected chi connectivity index (χ4v) is 1.19. The van der Waals surface area contributed by atoms with Crippen LogP contribution in [0.25, 0.3) is 0 Å². The minimum Gasteiger partial charge on any atom is -0.462 e. The van der Waals surface area contributed by atoms with E-state index in [1.807, 2.05) is 6.92 Å². The van der Waals surface area contributed by atoms with Crippen LogP contribution in [0.3, 0.4) is 0 Å². The van der Waals surface area contributed by atoms with E-state index in [2.05, 4.69) is 0 Å². The Labute approximate surface area is 101 Å². The lowest BCUT2D eigenvalue weighted by Crippen LogP contribution is -2.12. The molecular formula is C13H16O4. The minimum absolute atomic E-state index is 0.250. The highest BCUT2D eigenvalue weighted by Gasteiger charge is 2.15. The number of para-hydroxylation sites is 1. The molecule has 4 nitrogen and oxygen atoms in total. The van der Waals surface area contributed by atoms with Crippen LogP contribution in [0.15, 0.2) is 24.3 Å². The Morgan fingerprint density at radius 3 is 2.53 bits per heavy atom. The fraction of sp³-hybridized carbons (Fsp3) is 0.385. The lowest BCUT2D eigenvalue weighted by molar-refractivity contribution is -0.134. The number of hydrogen-bond acceptors (Lipinski definition) is 4. The Bertz CT molecular complexity index is 398. The molecule has 0 fully saturated rings. The molecule has 92 valence electrons. The summed E-state index contributed by atoms with van der Waals surface area (Å²) in [4.78, 5) is 22.9. The number of benzene rings is 1. The van der Waals surface area contributed by atoms with Gasteiger partial charge in [-0.3, -0.25) is 4.79 Å². The van der Waals surface area contributed by atoms with E-state index in [-0.39, 0.29) is 23.7 Å². The molecule has 0 saturated carbocycles. The number of rotatable bonds is 5. The molecule has 0 unspecified atom stereocenters. The standard InChI is InChI=1S/C13H16O4/c1-3-9-16-13(15)10-7-5-6-8-11(10)17-12(14)4-2/h5-8H,3-4,9H2,1-2H3. The quantitative estimate of drug-likeness (QED) is 0.582. The van der Waals surface area contributed by atoms with Gasteiger partial charge in [0.25, 0.3) is 0 Å². The monoisotopic (exact) mass is 236 g/mol. The lowest BCUT2D eigenvalue weighted by atomic mass is 10.2. The van der Waals surface area contributed by atoms with Gasteiger partial charge in [0.05, 0.1) is 6.61 Å². The van der Waals surface area contributed by atoms with Crippen LogP contribution in [-0.4, -0.2) is 18.5 Å². The predicted octanol–water partition coefficient (Wildman–Crippen LogP) is 2.57. The van der Waals surface area contributed by atoms with E-state index in [0.29, 0.717) is 6.61 Å². The smallest absolute Gasteiger partial charge is 0.341 e. The van der Waals surface area contributed by atoms with Crippen LogP contribution in [0.4, 0.5) is 0 Å². The summed E-state index contributed by atoms with van der Waals surface area (Å²) < 4.78 is 10.1. The number of hydrogen-bond donors (Lipinski definition) is 0. The minimum atomic E-state index is -0.466. The molecule has 1 aromatic carbocycles. The average molecular weight is 236 g/mol. The summed E-state index contributed by atoms with van der Waals surface area (Å²) in [7, 11) is 0. The van der Waals surface area contributed by atoms with Crippen molar-refractivity contribution in [3.05, 3.63) is 29.8 Å². The van der Waals surface area contributed by atoms with Crippen LogP contribution in [0.5, 0.6) is 5.75 Å². The third-order valence-electron chi connectivity index (χ3n) is 2.06. The molecular weight excluding hydrogens is 220 g/mol. The van der Waals surface area contributed by atoms with E-state index < -0.39 is 5.97 Å². The Hall–Kier alpha value is -1.84. The van der Waals surface area contributed by atoms with Gasteiger partial charge >= 0.3 is 11.9 Å². The summed E-state index contributed by atoms with van der Waals surface area (Å²) in [5, 5.41) is 0. The van der Waals surface area contributed by atoms with E-state index in [0.717, 1.165) is 6.42 Å². The molecule has 0 aliphatic carbocycles. The van der Waals surface area contributed by atoms with Crippen molar-refractivity contribution in [2.75, 3.05) is 6.61 Å². The largest absolute Gasteiger partial charge is 0.462 e. The summed E-state index contributed by atoms with van der Waals surface area (Å²) >= 11 is 0. The molecule has 4 heteroatoms. The SMILES string of the molecule is CCCOC(=O)c1ccccc1OC(=O)CC. The van der Waals surface area contributed by atoms with Gasteiger partial charge in [-0.05, 0) is 18.6 Å². The second-order valence-corrected chi connectivity index (χ2v) is 3.46. The molecule has 0 atom stereocenters. The number of esters is 2. The van der Waals surface area contributed by atoms with Gasteiger partial charge in [0.15, 0.2) is 0 Å². The van der Waals surface area contributed by atoms with Gasteiger partial charge in [0.1, 0.15) is 11.3 Å². The number of ether oxygens (including phenoxy) is 2. The van der Waals surface area contributed by atoms with Gasteiger partial charge in [-0.15, -0.1) is 0 Å². The van der Waals surface area contributed by atoms with Crippen LogP contribution < -0.4 is 4.74 Å². The van der Waals surface area contributed by atoms with Crippen molar-refractivity contribution in [2.24, 2.45) is 0 Å². The van der Waals surface area contributed by atoms with Crippen LogP contribution in [0.2, 0.25) is 0 Å². The predicted molar refractivity (Wildman–Crippen MR) is 62.9 cm³/mol. The topological polar surface area (TPSA) is 52.6 Å². The fourth-order valence-electron chi connectivity index (χ4n) is 1.19. The molecule has 0 bridgehead atoms. The van der Waals surface area contributed by atoms with Crippen molar-refractivity contribution >= 4 is 11.9 Å². The Kier molecular flexibility index (Phi) is 5.20. The summed E-state index contributed by atoms with van der Waals surface area (Å²) in [5.74, 6) is -0.590. The van der Waals surface area contributed by atoms with Crippen molar-refractivity contribution in [2.45, 2.75) is 26.7 Å². The van der Waals surface area contributed by atoms with Gasteiger partial charge in [-0.1, -0.05) is 26.0 Å². The van der Waals surface area contributed by atoms with Gasteiger partial charge in [0.2, 0.25) is 0 Å². The Morgan fingerprint density at radius 2 is 1.88 bits per heavy atom. The normalized spacial score (nSPS) is 9.76. The maximum atomic E-state index is 11.7. The van der Waals surface area contributed by atoms with Gasteiger partial charge in [-0.2, -0.15) is 0 Å². The van der Waals surface area contributed by atoms with Crippen molar-refractivity contribution in [3.63, 3.8) is 0 Å².